The van der Waals surface area contributed by atoms with E-state index in [4.69, 9.17) is 12.2 Å². The molecule has 1 rings (SSSR count). The predicted molar refractivity (Wildman–Crippen MR) is 56.3 cm³/mol. The number of carbonyl (C=O) groups is 1. The predicted octanol–water partition coefficient (Wildman–Crippen LogP) is 2.04. The van der Waals surface area contributed by atoms with Crippen molar-refractivity contribution in [2.24, 2.45) is 0 Å². The van der Waals surface area contributed by atoms with Crippen molar-refractivity contribution in [1.82, 2.24) is 4.90 Å². The highest BCUT2D eigenvalue weighted by molar-refractivity contribution is 8.23. The molecule has 0 aromatic heterocycles. The molecular formula is C8H13NOS2. The summed E-state index contributed by atoms with van der Waals surface area (Å²) < 4.78 is 0.729. The van der Waals surface area contributed by atoms with Gasteiger partial charge in [0.05, 0.1) is 5.54 Å². The molecule has 1 saturated heterocycles. The van der Waals surface area contributed by atoms with Crippen LogP contribution in [-0.2, 0) is 4.79 Å². The van der Waals surface area contributed by atoms with Gasteiger partial charge in [-0.25, -0.2) is 0 Å². The monoisotopic (exact) mass is 203 g/mol. The normalized spacial score (nSPS) is 21.6. The van der Waals surface area contributed by atoms with Crippen molar-refractivity contribution in [3.63, 3.8) is 0 Å². The Kier molecular flexibility index (Phi) is 2.78. The van der Waals surface area contributed by atoms with Crippen LogP contribution in [0.5, 0.6) is 0 Å². The molecule has 1 fully saturated rings. The molecule has 0 aliphatic carbocycles. The highest BCUT2D eigenvalue weighted by atomic mass is 32.2. The first-order valence-corrected chi connectivity index (χ1v) is 5.38. The van der Waals surface area contributed by atoms with Crippen molar-refractivity contribution in [2.75, 3.05) is 5.75 Å². The molecule has 0 unspecified atom stereocenters. The van der Waals surface area contributed by atoms with Gasteiger partial charge in [-0.15, -0.1) is 0 Å². The quantitative estimate of drug-likeness (QED) is 0.608. The summed E-state index contributed by atoms with van der Waals surface area (Å²) in [7, 11) is 0. The molecule has 0 saturated carbocycles. The Morgan fingerprint density at radius 1 is 1.75 bits per heavy atom. The molecule has 0 N–H and O–H groups in total. The number of thiocarbonyl (C=S) groups is 1. The van der Waals surface area contributed by atoms with Crippen LogP contribution in [0.3, 0.4) is 0 Å². The third kappa shape index (κ3) is 1.64. The lowest BCUT2D eigenvalue weighted by Gasteiger charge is -2.29. The minimum atomic E-state index is -0.0884. The number of nitrogens with zero attached hydrogens (tertiary/aromatic N) is 1. The fourth-order valence-electron chi connectivity index (χ4n) is 1.21. The Labute approximate surface area is 82.7 Å². The standard InChI is InChI=1S/C8H13NOS2/c1-4-6(10)9-7(11)12-5-8(9,2)3/h4-5H2,1-3H3. The van der Waals surface area contributed by atoms with Crippen LogP contribution >= 0.6 is 24.0 Å². The van der Waals surface area contributed by atoms with Gasteiger partial charge < -0.3 is 0 Å². The van der Waals surface area contributed by atoms with Crippen LogP contribution in [0.25, 0.3) is 0 Å². The number of thioether (sulfide) groups is 1. The van der Waals surface area contributed by atoms with Crippen LogP contribution in [0.4, 0.5) is 0 Å². The zero-order valence-electron chi connectivity index (χ0n) is 7.59. The summed E-state index contributed by atoms with van der Waals surface area (Å²) in [5.74, 6) is 1.05. The number of hydrogen-bond donors (Lipinski definition) is 0. The van der Waals surface area contributed by atoms with E-state index < -0.39 is 0 Å². The first-order valence-electron chi connectivity index (χ1n) is 3.99. The van der Waals surface area contributed by atoms with E-state index in [1.54, 1.807) is 16.7 Å². The molecule has 0 atom stereocenters. The lowest BCUT2D eigenvalue weighted by molar-refractivity contribution is -0.129. The minimum absolute atomic E-state index is 0.0884. The van der Waals surface area contributed by atoms with Crippen LogP contribution < -0.4 is 0 Å². The van der Waals surface area contributed by atoms with E-state index in [9.17, 15) is 4.79 Å². The molecule has 0 radical (unpaired) electrons. The molecule has 1 amide bonds. The van der Waals surface area contributed by atoms with Gasteiger partial charge in [-0.3, -0.25) is 9.69 Å². The van der Waals surface area contributed by atoms with E-state index in [2.05, 4.69) is 0 Å². The summed E-state index contributed by atoms with van der Waals surface area (Å²) in [6.07, 6.45) is 0.532. The summed E-state index contributed by atoms with van der Waals surface area (Å²) in [6.45, 7) is 5.96. The number of amides is 1. The zero-order valence-corrected chi connectivity index (χ0v) is 9.22. The summed E-state index contributed by atoms with van der Waals surface area (Å²) >= 11 is 6.69. The maximum absolute atomic E-state index is 11.5. The molecule has 12 heavy (non-hydrogen) atoms. The van der Waals surface area contributed by atoms with Crippen molar-refractivity contribution in [3.8, 4) is 0 Å². The zero-order chi connectivity index (χ0) is 9.35. The third-order valence-electron chi connectivity index (χ3n) is 1.89. The van der Waals surface area contributed by atoms with Crippen LogP contribution in [0.2, 0.25) is 0 Å². The topological polar surface area (TPSA) is 20.3 Å². The second-order valence-electron chi connectivity index (χ2n) is 3.45. The molecule has 0 aromatic rings. The van der Waals surface area contributed by atoms with Gasteiger partial charge in [0.1, 0.15) is 4.32 Å². The molecule has 4 heteroatoms. The Morgan fingerprint density at radius 3 is 2.67 bits per heavy atom. The first kappa shape index (κ1) is 9.99. The van der Waals surface area contributed by atoms with Crippen molar-refractivity contribution in [2.45, 2.75) is 32.7 Å². The molecule has 68 valence electrons. The Balaban J connectivity index is 2.85. The smallest absolute Gasteiger partial charge is 0.228 e. The third-order valence-corrected chi connectivity index (χ3v) is 3.71. The molecular weight excluding hydrogens is 190 g/mol. The average Bonchev–Trinajstić information content (AvgIpc) is 2.25. The SMILES string of the molecule is CCC(=O)N1C(=S)SCC1(C)C. The van der Waals surface area contributed by atoms with Crippen LogP contribution in [0, 0.1) is 0 Å². The lowest BCUT2D eigenvalue weighted by Crippen LogP contribution is -2.45. The van der Waals surface area contributed by atoms with Crippen LogP contribution in [0.15, 0.2) is 0 Å². The van der Waals surface area contributed by atoms with Crippen molar-refractivity contribution < 1.29 is 4.79 Å². The van der Waals surface area contributed by atoms with Crippen LogP contribution in [-0.4, -0.2) is 26.4 Å². The van der Waals surface area contributed by atoms with Gasteiger partial charge in [-0.1, -0.05) is 30.9 Å². The number of hydrogen-bond acceptors (Lipinski definition) is 3. The maximum atomic E-state index is 11.5. The van der Waals surface area contributed by atoms with E-state index in [1.807, 2.05) is 20.8 Å². The number of rotatable bonds is 1. The number of carbonyl (C=O) groups excluding carboxylic acids is 1. The van der Waals surface area contributed by atoms with Crippen LogP contribution in [0.1, 0.15) is 27.2 Å². The van der Waals surface area contributed by atoms with Gasteiger partial charge in [0.2, 0.25) is 5.91 Å². The second kappa shape index (κ2) is 3.34. The summed E-state index contributed by atoms with van der Waals surface area (Å²) in [5, 5.41) is 0. The van der Waals surface area contributed by atoms with E-state index in [0.29, 0.717) is 6.42 Å². The van der Waals surface area contributed by atoms with E-state index in [1.165, 1.54) is 0 Å². The average molecular weight is 203 g/mol. The van der Waals surface area contributed by atoms with E-state index in [0.717, 1.165) is 10.1 Å². The largest absolute Gasteiger partial charge is 0.291 e. The van der Waals surface area contributed by atoms with Crippen molar-refractivity contribution >= 4 is 34.2 Å². The fraction of sp³-hybridized carbons (Fsp3) is 0.750. The minimum Gasteiger partial charge on any atom is -0.291 e. The molecule has 1 heterocycles. The van der Waals surface area contributed by atoms with Crippen molar-refractivity contribution in [1.29, 1.82) is 0 Å². The van der Waals surface area contributed by atoms with E-state index in [-0.39, 0.29) is 11.4 Å². The van der Waals surface area contributed by atoms with Gasteiger partial charge in [0.25, 0.3) is 0 Å². The second-order valence-corrected chi connectivity index (χ2v) is 5.06. The van der Waals surface area contributed by atoms with Gasteiger partial charge in [0.15, 0.2) is 0 Å². The molecule has 1 aliphatic heterocycles. The summed E-state index contributed by atoms with van der Waals surface area (Å²) in [4.78, 5) is 13.2. The summed E-state index contributed by atoms with van der Waals surface area (Å²) in [6, 6.07) is 0. The molecule has 1 aliphatic rings. The fourth-order valence-corrected chi connectivity index (χ4v) is 2.82. The Hall–Kier alpha value is -0.0900. The van der Waals surface area contributed by atoms with Gasteiger partial charge in [-0.2, -0.15) is 0 Å². The highest BCUT2D eigenvalue weighted by Gasteiger charge is 2.39. The van der Waals surface area contributed by atoms with Gasteiger partial charge >= 0.3 is 0 Å². The Morgan fingerprint density at radius 2 is 2.33 bits per heavy atom. The molecule has 0 aromatic carbocycles. The molecule has 0 spiro atoms. The lowest BCUT2D eigenvalue weighted by atomic mass is 10.1. The molecule has 2 nitrogen and oxygen atoms in total. The van der Waals surface area contributed by atoms with Gasteiger partial charge in [0, 0.05) is 12.2 Å². The van der Waals surface area contributed by atoms with E-state index >= 15 is 0 Å². The van der Waals surface area contributed by atoms with Crippen molar-refractivity contribution in [3.05, 3.63) is 0 Å². The maximum Gasteiger partial charge on any atom is 0.228 e. The first-order chi connectivity index (χ1) is 5.49. The Bertz CT molecular complexity index is 225. The summed E-state index contributed by atoms with van der Waals surface area (Å²) in [5.41, 5.74) is -0.0884. The highest BCUT2D eigenvalue weighted by Crippen LogP contribution is 2.32. The van der Waals surface area contributed by atoms with Gasteiger partial charge in [-0.05, 0) is 13.8 Å². The molecule has 0 bridgehead atoms.